The minimum absolute atomic E-state index is 0.219. The van der Waals surface area contributed by atoms with E-state index in [-0.39, 0.29) is 11.7 Å². The van der Waals surface area contributed by atoms with E-state index in [0.717, 1.165) is 5.56 Å². The van der Waals surface area contributed by atoms with Gasteiger partial charge < -0.3 is 10.1 Å². The van der Waals surface area contributed by atoms with Gasteiger partial charge in [-0.2, -0.15) is 5.10 Å². The molecule has 1 N–H and O–H groups in total. The van der Waals surface area contributed by atoms with Gasteiger partial charge >= 0.3 is 5.97 Å². The fraction of sp³-hybridized carbons (Fsp3) is 0.333. The van der Waals surface area contributed by atoms with Crippen molar-refractivity contribution in [2.24, 2.45) is 7.05 Å². The highest BCUT2D eigenvalue weighted by atomic mass is 32.2. The first-order chi connectivity index (χ1) is 9.67. The van der Waals surface area contributed by atoms with Gasteiger partial charge in [-0.25, -0.2) is 4.98 Å². The highest BCUT2D eigenvalue weighted by Gasteiger charge is 2.05. The molecule has 106 valence electrons. The van der Waals surface area contributed by atoms with Gasteiger partial charge in [-0.05, 0) is 0 Å². The van der Waals surface area contributed by atoms with Gasteiger partial charge in [0, 0.05) is 25.4 Å². The SMILES string of the molecule is COC(=O)CSc1cncc(NCc2cnn(C)c2)n1. The third-order valence-corrected chi connectivity index (χ3v) is 3.28. The van der Waals surface area contributed by atoms with Gasteiger partial charge in [0.05, 0.1) is 31.5 Å². The van der Waals surface area contributed by atoms with Gasteiger partial charge in [0.2, 0.25) is 0 Å². The van der Waals surface area contributed by atoms with E-state index in [1.54, 1.807) is 23.3 Å². The summed E-state index contributed by atoms with van der Waals surface area (Å²) in [6.45, 7) is 0.619. The van der Waals surface area contributed by atoms with Crippen LogP contribution in [-0.2, 0) is 23.1 Å². The first kappa shape index (κ1) is 14.3. The van der Waals surface area contributed by atoms with Crippen molar-refractivity contribution in [3.63, 3.8) is 0 Å². The number of carbonyl (C=O) groups is 1. The number of nitrogens with zero attached hydrogens (tertiary/aromatic N) is 4. The number of aromatic nitrogens is 4. The molecule has 0 spiro atoms. The van der Waals surface area contributed by atoms with E-state index in [2.05, 4.69) is 25.1 Å². The lowest BCUT2D eigenvalue weighted by Crippen LogP contribution is -2.05. The summed E-state index contributed by atoms with van der Waals surface area (Å²) in [5.74, 6) is 0.589. The quantitative estimate of drug-likeness (QED) is 0.630. The fourth-order valence-electron chi connectivity index (χ4n) is 1.45. The Morgan fingerprint density at radius 1 is 1.45 bits per heavy atom. The van der Waals surface area contributed by atoms with Crippen LogP contribution in [-0.4, -0.2) is 38.6 Å². The van der Waals surface area contributed by atoms with Gasteiger partial charge in [-0.1, -0.05) is 11.8 Å². The predicted molar refractivity (Wildman–Crippen MR) is 75.3 cm³/mol. The molecule has 7 nitrogen and oxygen atoms in total. The molecule has 0 amide bonds. The van der Waals surface area contributed by atoms with Gasteiger partial charge in [-0.15, -0.1) is 0 Å². The van der Waals surface area contributed by atoms with Gasteiger partial charge in [0.1, 0.15) is 10.8 Å². The summed E-state index contributed by atoms with van der Waals surface area (Å²) in [6.07, 6.45) is 6.97. The van der Waals surface area contributed by atoms with E-state index in [0.29, 0.717) is 17.4 Å². The molecule has 2 aromatic heterocycles. The zero-order valence-corrected chi connectivity index (χ0v) is 12.1. The highest BCUT2D eigenvalue weighted by molar-refractivity contribution is 7.99. The standard InChI is InChI=1S/C12H15N5O2S/c1-17-7-9(4-15-17)3-14-10-5-13-6-11(16-10)20-8-12(18)19-2/h4-7H,3,8H2,1-2H3,(H,14,16). The first-order valence-electron chi connectivity index (χ1n) is 5.90. The Labute approximate surface area is 120 Å². The molecule has 20 heavy (non-hydrogen) atoms. The maximum Gasteiger partial charge on any atom is 0.316 e. The van der Waals surface area contributed by atoms with Crippen LogP contribution in [0.2, 0.25) is 0 Å². The molecule has 8 heteroatoms. The molecule has 0 aromatic carbocycles. The largest absolute Gasteiger partial charge is 0.468 e. The zero-order valence-electron chi connectivity index (χ0n) is 11.2. The van der Waals surface area contributed by atoms with Crippen LogP contribution in [0.4, 0.5) is 5.82 Å². The Bertz CT molecular complexity index is 587. The van der Waals surface area contributed by atoms with Gasteiger partial charge in [0.15, 0.2) is 0 Å². The number of methoxy groups -OCH3 is 1. The van der Waals surface area contributed by atoms with Crippen LogP contribution in [0, 0.1) is 0 Å². The van der Waals surface area contributed by atoms with Gasteiger partial charge in [0.25, 0.3) is 0 Å². The summed E-state index contributed by atoms with van der Waals surface area (Å²) in [4.78, 5) is 19.5. The number of anilines is 1. The van der Waals surface area contributed by atoms with E-state index in [4.69, 9.17) is 0 Å². The lowest BCUT2D eigenvalue weighted by molar-refractivity contribution is -0.137. The summed E-state index contributed by atoms with van der Waals surface area (Å²) in [6, 6.07) is 0. The Balaban J connectivity index is 1.90. The smallest absolute Gasteiger partial charge is 0.316 e. The van der Waals surface area contributed by atoms with E-state index >= 15 is 0 Å². The van der Waals surface area contributed by atoms with Crippen LogP contribution in [0.15, 0.2) is 29.8 Å². The molecule has 0 aliphatic rings. The number of carbonyl (C=O) groups excluding carboxylic acids is 1. The minimum atomic E-state index is -0.287. The Morgan fingerprint density at radius 2 is 2.30 bits per heavy atom. The van der Waals surface area contributed by atoms with Crippen molar-refractivity contribution in [1.29, 1.82) is 0 Å². The second kappa shape index (κ2) is 6.90. The van der Waals surface area contributed by atoms with Gasteiger partial charge in [-0.3, -0.25) is 14.5 Å². The molecule has 2 aromatic rings. The van der Waals surface area contributed by atoms with Crippen molar-refractivity contribution in [3.8, 4) is 0 Å². The second-order valence-corrected chi connectivity index (χ2v) is 4.98. The molecule has 0 saturated heterocycles. The van der Waals surface area contributed by atoms with Crippen molar-refractivity contribution in [3.05, 3.63) is 30.4 Å². The van der Waals surface area contributed by atoms with Crippen LogP contribution in [0.25, 0.3) is 0 Å². The number of thioether (sulfide) groups is 1. The molecule has 0 saturated carbocycles. The molecule has 2 heterocycles. The van der Waals surface area contributed by atoms with E-state index in [1.807, 2.05) is 13.2 Å². The summed E-state index contributed by atoms with van der Waals surface area (Å²) in [5, 5.41) is 7.92. The van der Waals surface area contributed by atoms with Crippen LogP contribution in [0.5, 0.6) is 0 Å². The van der Waals surface area contributed by atoms with Crippen molar-refractivity contribution in [1.82, 2.24) is 19.7 Å². The van der Waals surface area contributed by atoms with Crippen LogP contribution >= 0.6 is 11.8 Å². The zero-order chi connectivity index (χ0) is 14.4. The first-order valence-corrected chi connectivity index (χ1v) is 6.89. The van der Waals surface area contributed by atoms with Crippen LogP contribution < -0.4 is 5.32 Å². The third-order valence-electron chi connectivity index (χ3n) is 2.41. The van der Waals surface area contributed by atoms with Crippen molar-refractivity contribution in [2.75, 3.05) is 18.2 Å². The van der Waals surface area contributed by atoms with Crippen LogP contribution in [0.3, 0.4) is 0 Å². The highest BCUT2D eigenvalue weighted by Crippen LogP contribution is 2.16. The minimum Gasteiger partial charge on any atom is -0.468 e. The molecule has 0 aliphatic heterocycles. The number of rotatable bonds is 6. The maximum absolute atomic E-state index is 11.1. The third kappa shape index (κ3) is 4.23. The number of ether oxygens (including phenoxy) is 1. The summed E-state index contributed by atoms with van der Waals surface area (Å²) in [5.41, 5.74) is 1.06. The second-order valence-electron chi connectivity index (χ2n) is 3.98. The van der Waals surface area contributed by atoms with E-state index in [9.17, 15) is 4.79 Å². The number of hydrogen-bond acceptors (Lipinski definition) is 7. The number of aryl methyl sites for hydroxylation is 1. The average Bonchev–Trinajstić information content (AvgIpc) is 2.88. The Kier molecular flexibility index (Phi) is 4.94. The lowest BCUT2D eigenvalue weighted by Gasteiger charge is -2.05. The number of hydrogen-bond donors (Lipinski definition) is 1. The predicted octanol–water partition coefficient (Wildman–Crippen LogP) is 1.09. The molecule has 0 aliphatic carbocycles. The fourth-order valence-corrected chi connectivity index (χ4v) is 2.13. The molecule has 0 atom stereocenters. The molecule has 0 bridgehead atoms. The van der Waals surface area contributed by atoms with Crippen molar-refractivity contribution in [2.45, 2.75) is 11.6 Å². The van der Waals surface area contributed by atoms with Crippen molar-refractivity contribution >= 4 is 23.5 Å². The average molecular weight is 293 g/mol. The Hall–Kier alpha value is -2.09. The topological polar surface area (TPSA) is 81.9 Å². The summed E-state index contributed by atoms with van der Waals surface area (Å²) >= 11 is 1.29. The maximum atomic E-state index is 11.1. The van der Waals surface area contributed by atoms with E-state index in [1.165, 1.54) is 18.9 Å². The lowest BCUT2D eigenvalue weighted by atomic mass is 10.3. The number of esters is 1. The molecular weight excluding hydrogens is 278 g/mol. The molecule has 2 rings (SSSR count). The summed E-state index contributed by atoms with van der Waals surface area (Å²) in [7, 11) is 3.23. The summed E-state index contributed by atoms with van der Waals surface area (Å²) < 4.78 is 6.32. The molecule has 0 radical (unpaired) electrons. The monoisotopic (exact) mass is 293 g/mol. The normalized spacial score (nSPS) is 10.3. The number of nitrogens with one attached hydrogen (secondary N) is 1. The van der Waals surface area contributed by atoms with Crippen LogP contribution in [0.1, 0.15) is 5.56 Å². The Morgan fingerprint density at radius 3 is 3.00 bits per heavy atom. The molecule has 0 fully saturated rings. The van der Waals surface area contributed by atoms with E-state index < -0.39 is 0 Å². The molecule has 0 unspecified atom stereocenters. The molecular formula is C12H15N5O2S. The van der Waals surface area contributed by atoms with Crippen molar-refractivity contribution < 1.29 is 9.53 Å².